The lowest BCUT2D eigenvalue weighted by molar-refractivity contribution is -0.135. The standard InChI is InChI=1S/C21H20FNO4/c1-2-15(20(25)21(26)27)19(24)17-12-23(18-6-4-3-5-16(17)18)11-13-7-9-14(22)10-8-13/h3-10,12,19,24-25H,2,11H2,1H3,(H,26,27)/b20-15+. The molecular formula is C21H20FNO4. The van der Waals surface area contributed by atoms with Crippen LogP contribution in [0.15, 0.2) is 66.1 Å². The summed E-state index contributed by atoms with van der Waals surface area (Å²) in [5, 5.41) is 30.4. The van der Waals surface area contributed by atoms with Gasteiger partial charge in [-0.1, -0.05) is 37.3 Å². The molecule has 0 spiro atoms. The van der Waals surface area contributed by atoms with Gasteiger partial charge in [-0.3, -0.25) is 0 Å². The molecule has 0 amide bonds. The highest BCUT2D eigenvalue weighted by Crippen LogP contribution is 2.33. The van der Waals surface area contributed by atoms with Gasteiger partial charge in [0.1, 0.15) is 11.9 Å². The summed E-state index contributed by atoms with van der Waals surface area (Å²) >= 11 is 0. The van der Waals surface area contributed by atoms with E-state index in [9.17, 15) is 19.4 Å². The number of nitrogens with zero attached hydrogens (tertiary/aromatic N) is 1. The van der Waals surface area contributed by atoms with Crippen LogP contribution < -0.4 is 0 Å². The van der Waals surface area contributed by atoms with E-state index in [0.29, 0.717) is 12.1 Å². The summed E-state index contributed by atoms with van der Waals surface area (Å²) in [5.41, 5.74) is 2.29. The molecule has 0 saturated carbocycles. The third kappa shape index (κ3) is 3.71. The van der Waals surface area contributed by atoms with Gasteiger partial charge in [0.25, 0.3) is 0 Å². The molecule has 0 bridgehead atoms. The highest BCUT2D eigenvalue weighted by Gasteiger charge is 2.23. The molecule has 0 aliphatic carbocycles. The van der Waals surface area contributed by atoms with E-state index in [0.717, 1.165) is 16.5 Å². The zero-order valence-corrected chi connectivity index (χ0v) is 14.8. The highest BCUT2D eigenvalue weighted by molar-refractivity contribution is 5.87. The molecule has 2 aromatic carbocycles. The first-order valence-corrected chi connectivity index (χ1v) is 8.58. The van der Waals surface area contributed by atoms with Crippen LogP contribution in [0.2, 0.25) is 0 Å². The number of aliphatic hydroxyl groups is 2. The Labute approximate surface area is 155 Å². The van der Waals surface area contributed by atoms with E-state index < -0.39 is 17.8 Å². The van der Waals surface area contributed by atoms with E-state index >= 15 is 0 Å². The number of carboxylic acids is 1. The Morgan fingerprint density at radius 2 is 1.78 bits per heavy atom. The second-order valence-electron chi connectivity index (χ2n) is 6.29. The summed E-state index contributed by atoms with van der Waals surface area (Å²) in [4.78, 5) is 11.1. The van der Waals surface area contributed by atoms with Crippen molar-refractivity contribution in [3.63, 3.8) is 0 Å². The van der Waals surface area contributed by atoms with Gasteiger partial charge in [-0.05, 0) is 30.2 Å². The Bertz CT molecular complexity index is 1000. The van der Waals surface area contributed by atoms with Crippen molar-refractivity contribution >= 4 is 16.9 Å². The summed E-state index contributed by atoms with van der Waals surface area (Å²) in [5.74, 6) is -2.62. The van der Waals surface area contributed by atoms with Crippen molar-refractivity contribution in [2.45, 2.75) is 26.0 Å². The number of benzene rings is 2. The maximum absolute atomic E-state index is 13.1. The Morgan fingerprint density at radius 3 is 2.41 bits per heavy atom. The molecule has 1 unspecified atom stereocenters. The summed E-state index contributed by atoms with van der Waals surface area (Å²) < 4.78 is 15.0. The van der Waals surface area contributed by atoms with Crippen molar-refractivity contribution in [2.75, 3.05) is 0 Å². The van der Waals surface area contributed by atoms with E-state index in [1.807, 2.05) is 28.8 Å². The van der Waals surface area contributed by atoms with Crippen molar-refractivity contribution in [3.05, 3.63) is 83.0 Å². The molecule has 0 radical (unpaired) electrons. The molecule has 1 atom stereocenters. The normalized spacial score (nSPS) is 13.4. The fourth-order valence-electron chi connectivity index (χ4n) is 3.23. The number of hydrogen-bond acceptors (Lipinski definition) is 3. The van der Waals surface area contributed by atoms with Gasteiger partial charge in [-0.15, -0.1) is 0 Å². The number of carbonyl (C=O) groups is 1. The van der Waals surface area contributed by atoms with Gasteiger partial charge in [-0.2, -0.15) is 0 Å². The van der Waals surface area contributed by atoms with Crippen molar-refractivity contribution in [1.82, 2.24) is 4.57 Å². The Balaban J connectivity index is 2.08. The molecule has 0 aliphatic heterocycles. The lowest BCUT2D eigenvalue weighted by Crippen LogP contribution is -2.10. The van der Waals surface area contributed by atoms with E-state index in [2.05, 4.69) is 0 Å². The monoisotopic (exact) mass is 369 g/mol. The predicted octanol–water partition coefficient (Wildman–Crippen LogP) is 4.17. The molecular weight excluding hydrogens is 349 g/mol. The van der Waals surface area contributed by atoms with Crippen LogP contribution in [0.4, 0.5) is 4.39 Å². The minimum Gasteiger partial charge on any atom is -0.502 e. The quantitative estimate of drug-likeness (QED) is 0.450. The number of para-hydroxylation sites is 1. The zero-order chi connectivity index (χ0) is 19.6. The first kappa shape index (κ1) is 18.7. The number of halogens is 1. The second kappa shape index (κ2) is 7.63. The molecule has 3 aromatic rings. The Hall–Kier alpha value is -3.12. The second-order valence-corrected chi connectivity index (χ2v) is 6.29. The number of carboxylic acid groups (broad SMARTS) is 1. The van der Waals surface area contributed by atoms with E-state index in [1.165, 1.54) is 12.1 Å². The first-order chi connectivity index (χ1) is 12.9. The SMILES string of the molecule is CC/C(=C(\O)C(=O)O)C(O)c1cn(Cc2ccc(F)cc2)c2ccccc12. The average Bonchev–Trinajstić information content (AvgIpc) is 3.02. The lowest BCUT2D eigenvalue weighted by atomic mass is 9.98. The van der Waals surface area contributed by atoms with E-state index in [-0.39, 0.29) is 17.8 Å². The largest absolute Gasteiger partial charge is 0.502 e. The minimum absolute atomic E-state index is 0.0483. The molecule has 27 heavy (non-hydrogen) atoms. The molecule has 0 saturated heterocycles. The lowest BCUT2D eigenvalue weighted by Gasteiger charge is -2.14. The van der Waals surface area contributed by atoms with Crippen LogP contribution in [-0.4, -0.2) is 25.9 Å². The van der Waals surface area contributed by atoms with E-state index in [4.69, 9.17) is 5.11 Å². The Kier molecular flexibility index (Phi) is 5.28. The van der Waals surface area contributed by atoms with Crippen LogP contribution in [0.1, 0.15) is 30.6 Å². The van der Waals surface area contributed by atoms with Crippen LogP contribution >= 0.6 is 0 Å². The summed E-state index contributed by atoms with van der Waals surface area (Å²) in [7, 11) is 0. The predicted molar refractivity (Wildman–Crippen MR) is 100.0 cm³/mol. The molecule has 5 nitrogen and oxygen atoms in total. The highest BCUT2D eigenvalue weighted by atomic mass is 19.1. The van der Waals surface area contributed by atoms with Gasteiger partial charge in [0.15, 0.2) is 0 Å². The van der Waals surface area contributed by atoms with Gasteiger partial charge < -0.3 is 19.9 Å². The topological polar surface area (TPSA) is 82.7 Å². The van der Waals surface area contributed by atoms with Crippen molar-refractivity contribution in [3.8, 4) is 0 Å². The first-order valence-electron chi connectivity index (χ1n) is 8.58. The Morgan fingerprint density at radius 1 is 1.11 bits per heavy atom. The van der Waals surface area contributed by atoms with Gasteiger partial charge in [-0.25, -0.2) is 9.18 Å². The fraction of sp³-hybridized carbons (Fsp3) is 0.190. The maximum Gasteiger partial charge on any atom is 0.370 e. The fourth-order valence-corrected chi connectivity index (χ4v) is 3.23. The van der Waals surface area contributed by atoms with Gasteiger partial charge >= 0.3 is 5.97 Å². The number of aliphatic carboxylic acids is 1. The smallest absolute Gasteiger partial charge is 0.370 e. The summed E-state index contributed by atoms with van der Waals surface area (Å²) in [6.07, 6.45) is 0.686. The van der Waals surface area contributed by atoms with Gasteiger partial charge in [0.2, 0.25) is 5.76 Å². The van der Waals surface area contributed by atoms with Crippen LogP contribution in [0, 0.1) is 5.82 Å². The number of aliphatic hydroxyl groups excluding tert-OH is 2. The molecule has 6 heteroatoms. The number of aromatic nitrogens is 1. The minimum atomic E-state index is -1.47. The molecule has 3 rings (SSSR count). The van der Waals surface area contributed by atoms with Crippen LogP contribution in [0.25, 0.3) is 10.9 Å². The zero-order valence-electron chi connectivity index (χ0n) is 14.8. The van der Waals surface area contributed by atoms with Gasteiger partial charge in [0, 0.05) is 34.8 Å². The molecule has 1 heterocycles. The molecule has 140 valence electrons. The summed E-state index contributed by atoms with van der Waals surface area (Å²) in [6.45, 7) is 2.14. The number of fused-ring (bicyclic) bond motifs is 1. The molecule has 1 aromatic heterocycles. The molecule has 0 aliphatic rings. The van der Waals surface area contributed by atoms with Crippen LogP contribution in [0.5, 0.6) is 0 Å². The number of rotatable bonds is 6. The van der Waals surface area contributed by atoms with Crippen molar-refractivity contribution in [2.24, 2.45) is 0 Å². The molecule has 0 fully saturated rings. The third-order valence-corrected chi connectivity index (χ3v) is 4.60. The van der Waals surface area contributed by atoms with E-state index in [1.54, 1.807) is 25.3 Å². The van der Waals surface area contributed by atoms with Crippen LogP contribution in [-0.2, 0) is 11.3 Å². The van der Waals surface area contributed by atoms with Crippen molar-refractivity contribution in [1.29, 1.82) is 0 Å². The third-order valence-electron chi connectivity index (χ3n) is 4.60. The summed E-state index contributed by atoms with van der Waals surface area (Å²) in [6, 6.07) is 13.6. The number of hydrogen-bond donors (Lipinski definition) is 3. The average molecular weight is 369 g/mol. The maximum atomic E-state index is 13.1. The van der Waals surface area contributed by atoms with Gasteiger partial charge in [0.05, 0.1) is 0 Å². The van der Waals surface area contributed by atoms with Crippen LogP contribution in [0.3, 0.4) is 0 Å². The van der Waals surface area contributed by atoms with Crippen molar-refractivity contribution < 1.29 is 24.5 Å². The molecule has 3 N–H and O–H groups in total.